The van der Waals surface area contributed by atoms with Crippen LogP contribution in [0.15, 0.2) is 37.1 Å². The van der Waals surface area contributed by atoms with Gasteiger partial charge in [-0.05, 0) is 56.3 Å². The molecule has 0 unspecified atom stereocenters. The summed E-state index contributed by atoms with van der Waals surface area (Å²) in [5.74, 6) is 1.07. The van der Waals surface area contributed by atoms with Crippen molar-refractivity contribution in [1.82, 2.24) is 19.9 Å². The van der Waals surface area contributed by atoms with Gasteiger partial charge in [-0.1, -0.05) is 0 Å². The zero-order valence-corrected chi connectivity index (χ0v) is 13.0. The zero-order valence-electron chi connectivity index (χ0n) is 13.0. The van der Waals surface area contributed by atoms with Gasteiger partial charge >= 0.3 is 0 Å². The van der Waals surface area contributed by atoms with Crippen molar-refractivity contribution in [3.63, 3.8) is 0 Å². The molecule has 0 aromatic carbocycles. The number of hydrogen-bond donors (Lipinski definition) is 2. The first-order valence-electron chi connectivity index (χ1n) is 8.20. The first-order valence-corrected chi connectivity index (χ1v) is 8.20. The first kappa shape index (κ1) is 14.4. The highest BCUT2D eigenvalue weighted by molar-refractivity contribution is 5.93. The van der Waals surface area contributed by atoms with Crippen LogP contribution in [0.2, 0.25) is 0 Å². The van der Waals surface area contributed by atoms with E-state index in [1.54, 1.807) is 18.7 Å². The third-order valence-corrected chi connectivity index (χ3v) is 5.18. The summed E-state index contributed by atoms with van der Waals surface area (Å²) in [4.78, 5) is 20.7. The van der Waals surface area contributed by atoms with E-state index in [0.29, 0.717) is 5.41 Å². The number of piperidine rings is 1. The van der Waals surface area contributed by atoms with Gasteiger partial charge in [0.05, 0.1) is 11.9 Å². The van der Waals surface area contributed by atoms with Crippen molar-refractivity contribution in [3.8, 4) is 5.82 Å². The van der Waals surface area contributed by atoms with E-state index in [1.165, 1.54) is 12.8 Å². The molecule has 6 nitrogen and oxygen atoms in total. The molecule has 2 aromatic rings. The van der Waals surface area contributed by atoms with Crippen molar-refractivity contribution in [2.24, 2.45) is 11.3 Å². The Kier molecular flexibility index (Phi) is 3.61. The second-order valence-corrected chi connectivity index (χ2v) is 6.72. The summed E-state index contributed by atoms with van der Waals surface area (Å²) in [6.07, 6.45) is 11.4. The number of rotatable bonds is 3. The van der Waals surface area contributed by atoms with Crippen LogP contribution in [-0.2, 0) is 4.79 Å². The Labute approximate surface area is 135 Å². The second kappa shape index (κ2) is 5.77. The lowest BCUT2D eigenvalue weighted by Gasteiger charge is -2.49. The van der Waals surface area contributed by atoms with Crippen molar-refractivity contribution in [1.29, 1.82) is 0 Å². The van der Waals surface area contributed by atoms with Gasteiger partial charge < -0.3 is 10.6 Å². The number of amides is 1. The maximum Gasteiger partial charge on any atom is 0.227 e. The summed E-state index contributed by atoms with van der Waals surface area (Å²) in [7, 11) is 0. The minimum absolute atomic E-state index is 0.131. The van der Waals surface area contributed by atoms with E-state index >= 15 is 0 Å². The molecule has 2 N–H and O–H groups in total. The molecule has 120 valence electrons. The first-order chi connectivity index (χ1) is 11.2. The molecule has 0 radical (unpaired) electrons. The predicted molar refractivity (Wildman–Crippen MR) is 87.2 cm³/mol. The van der Waals surface area contributed by atoms with E-state index in [4.69, 9.17) is 0 Å². The van der Waals surface area contributed by atoms with Gasteiger partial charge in [-0.25, -0.2) is 9.97 Å². The van der Waals surface area contributed by atoms with Crippen molar-refractivity contribution in [2.45, 2.75) is 25.7 Å². The molecule has 0 atom stereocenters. The van der Waals surface area contributed by atoms with Gasteiger partial charge in [-0.3, -0.25) is 9.36 Å². The molecule has 4 rings (SSSR count). The minimum atomic E-state index is 0.131. The molecule has 1 spiro atoms. The van der Waals surface area contributed by atoms with E-state index in [0.717, 1.165) is 37.4 Å². The van der Waals surface area contributed by atoms with Gasteiger partial charge in [0, 0.05) is 18.3 Å². The van der Waals surface area contributed by atoms with Crippen LogP contribution >= 0.6 is 0 Å². The Morgan fingerprint density at radius 2 is 2.13 bits per heavy atom. The van der Waals surface area contributed by atoms with Gasteiger partial charge in [-0.15, -0.1) is 0 Å². The Balaban J connectivity index is 1.34. The predicted octanol–water partition coefficient (Wildman–Crippen LogP) is 1.99. The molecular weight excluding hydrogens is 290 g/mol. The van der Waals surface area contributed by atoms with E-state index < -0.39 is 0 Å². The quantitative estimate of drug-likeness (QED) is 0.909. The summed E-state index contributed by atoms with van der Waals surface area (Å²) in [5.41, 5.74) is 1.18. The number of hydrogen-bond acceptors (Lipinski definition) is 4. The summed E-state index contributed by atoms with van der Waals surface area (Å²) in [6, 6.07) is 3.77. The molecule has 1 amide bonds. The Morgan fingerprint density at radius 1 is 1.30 bits per heavy atom. The van der Waals surface area contributed by atoms with Crippen molar-refractivity contribution >= 4 is 11.6 Å². The van der Waals surface area contributed by atoms with Crippen LogP contribution in [-0.4, -0.2) is 33.5 Å². The summed E-state index contributed by atoms with van der Waals surface area (Å²) in [5, 5.41) is 6.39. The number of imidazole rings is 1. The molecule has 0 bridgehead atoms. The number of anilines is 1. The molecule has 2 fully saturated rings. The number of aromatic nitrogens is 3. The Hall–Kier alpha value is -2.21. The smallest absolute Gasteiger partial charge is 0.227 e. The van der Waals surface area contributed by atoms with E-state index in [1.807, 2.05) is 22.9 Å². The van der Waals surface area contributed by atoms with Crippen LogP contribution in [0.1, 0.15) is 25.7 Å². The lowest BCUT2D eigenvalue weighted by Crippen LogP contribution is -2.48. The maximum absolute atomic E-state index is 12.4. The van der Waals surface area contributed by atoms with Crippen molar-refractivity contribution in [2.75, 3.05) is 18.4 Å². The third-order valence-electron chi connectivity index (χ3n) is 5.18. The molecule has 1 saturated heterocycles. The fraction of sp³-hybridized carbons (Fsp3) is 0.471. The van der Waals surface area contributed by atoms with Crippen molar-refractivity contribution in [3.05, 3.63) is 37.1 Å². The third kappa shape index (κ3) is 2.86. The fourth-order valence-corrected chi connectivity index (χ4v) is 3.79. The normalized spacial score (nSPS) is 20.2. The molecule has 2 aromatic heterocycles. The van der Waals surface area contributed by atoms with Crippen LogP contribution in [0.5, 0.6) is 0 Å². The highest BCUT2D eigenvalue weighted by Crippen LogP contribution is 2.51. The van der Waals surface area contributed by atoms with Gasteiger partial charge in [0.2, 0.25) is 5.91 Å². The van der Waals surface area contributed by atoms with Crippen LogP contribution in [0.3, 0.4) is 0 Å². The minimum Gasteiger partial charge on any atom is -0.324 e. The lowest BCUT2D eigenvalue weighted by molar-refractivity contribution is -0.128. The van der Waals surface area contributed by atoms with Gasteiger partial charge in [0.1, 0.15) is 12.1 Å². The highest BCUT2D eigenvalue weighted by atomic mass is 16.1. The molecule has 6 heteroatoms. The topological polar surface area (TPSA) is 71.8 Å². The van der Waals surface area contributed by atoms with Crippen LogP contribution in [0.25, 0.3) is 5.82 Å². The summed E-state index contributed by atoms with van der Waals surface area (Å²) in [6.45, 7) is 2.18. The number of carbonyl (C=O) groups is 1. The number of nitrogens with one attached hydrogen (secondary N) is 2. The van der Waals surface area contributed by atoms with Crippen molar-refractivity contribution < 1.29 is 4.79 Å². The Bertz CT molecular complexity index is 666. The highest BCUT2D eigenvalue weighted by Gasteiger charge is 2.47. The molecule has 2 aliphatic rings. The van der Waals surface area contributed by atoms with Crippen LogP contribution < -0.4 is 10.6 Å². The number of carbonyl (C=O) groups excluding carboxylic acids is 1. The largest absolute Gasteiger partial charge is 0.324 e. The van der Waals surface area contributed by atoms with E-state index in [2.05, 4.69) is 20.6 Å². The lowest BCUT2D eigenvalue weighted by atomic mass is 9.57. The average molecular weight is 311 g/mol. The fourth-order valence-electron chi connectivity index (χ4n) is 3.79. The second-order valence-electron chi connectivity index (χ2n) is 6.72. The van der Waals surface area contributed by atoms with Crippen LogP contribution in [0.4, 0.5) is 5.69 Å². The van der Waals surface area contributed by atoms with Gasteiger partial charge in [-0.2, -0.15) is 0 Å². The van der Waals surface area contributed by atoms with Crippen LogP contribution in [0, 0.1) is 11.3 Å². The molecule has 1 saturated carbocycles. The molecular formula is C17H21N5O. The standard InChI is InChI=1S/C17H21N5O/c23-16(13-9-17(10-13)3-5-18-6-4-17)21-14-1-2-15(20-11-14)22-8-7-19-12-22/h1-2,7-8,11-13,18H,3-6,9-10H2,(H,21,23). The monoisotopic (exact) mass is 311 g/mol. The van der Waals surface area contributed by atoms with Gasteiger partial charge in [0.25, 0.3) is 0 Å². The maximum atomic E-state index is 12.4. The molecule has 23 heavy (non-hydrogen) atoms. The number of pyridine rings is 1. The zero-order chi connectivity index (χ0) is 15.7. The van der Waals surface area contributed by atoms with E-state index in [9.17, 15) is 4.79 Å². The Morgan fingerprint density at radius 3 is 2.78 bits per heavy atom. The summed E-state index contributed by atoms with van der Waals surface area (Å²) < 4.78 is 1.83. The molecule has 1 aliphatic heterocycles. The molecule has 1 aliphatic carbocycles. The SMILES string of the molecule is O=C(Nc1ccc(-n2ccnc2)nc1)C1CC2(CCNCC2)C1. The average Bonchev–Trinajstić information content (AvgIpc) is 3.08. The number of nitrogens with zero attached hydrogens (tertiary/aromatic N) is 3. The van der Waals surface area contributed by atoms with E-state index in [-0.39, 0.29) is 11.8 Å². The molecule has 3 heterocycles. The van der Waals surface area contributed by atoms with Gasteiger partial charge in [0.15, 0.2) is 0 Å². The summed E-state index contributed by atoms with van der Waals surface area (Å²) >= 11 is 0.